The van der Waals surface area contributed by atoms with E-state index in [4.69, 9.17) is 13.5 Å². The van der Waals surface area contributed by atoms with Gasteiger partial charge in [-0.15, -0.1) is 0 Å². The Bertz CT molecular complexity index is 1140. The molecule has 0 N–H and O–H groups in total. The molecule has 120 valence electrons. The predicted octanol–water partition coefficient (Wildman–Crippen LogP) is 5.65. The fraction of sp³-hybridized carbons (Fsp3) is 0.238. The van der Waals surface area contributed by atoms with E-state index in [1.807, 2.05) is 30.3 Å². The van der Waals surface area contributed by atoms with E-state index in [1.54, 1.807) is 12.1 Å². The van der Waals surface area contributed by atoms with Gasteiger partial charge in [0, 0.05) is 37.8 Å². The van der Waals surface area contributed by atoms with E-state index < -0.39 is 6.85 Å². The molecule has 0 radical (unpaired) electrons. The van der Waals surface area contributed by atoms with Crippen molar-refractivity contribution >= 4 is 22.1 Å². The van der Waals surface area contributed by atoms with E-state index in [0.29, 0.717) is 17.0 Å². The van der Waals surface area contributed by atoms with Crippen LogP contribution in [0, 0.1) is 6.85 Å². The third-order valence-electron chi connectivity index (χ3n) is 4.17. The first-order valence-corrected chi connectivity index (χ1v) is 7.94. The molecule has 0 atom stereocenters. The first-order chi connectivity index (χ1) is 12.6. The Kier molecular flexibility index (Phi) is 2.54. The number of hydrogen-bond donors (Lipinski definition) is 0. The van der Waals surface area contributed by atoms with E-state index in [1.165, 1.54) is 6.20 Å². The number of pyridine rings is 2. The Labute approximate surface area is 145 Å². The van der Waals surface area contributed by atoms with Gasteiger partial charge in [-0.1, -0.05) is 39.0 Å². The predicted molar refractivity (Wildman–Crippen MR) is 98.2 cm³/mol. The number of aromatic nitrogens is 2. The highest BCUT2D eigenvalue weighted by Crippen LogP contribution is 2.35. The lowest BCUT2D eigenvalue weighted by molar-refractivity contribution is 0.562. The van der Waals surface area contributed by atoms with Gasteiger partial charge in [0.25, 0.3) is 0 Å². The van der Waals surface area contributed by atoms with Crippen LogP contribution in [0.15, 0.2) is 53.1 Å². The number of furan rings is 1. The molecule has 4 rings (SSSR count). The maximum absolute atomic E-state index is 7.49. The Morgan fingerprint density at radius 1 is 1.00 bits per heavy atom. The quantitative estimate of drug-likeness (QED) is 0.455. The molecule has 3 heterocycles. The number of nitrogens with zero attached hydrogens (tertiary/aromatic N) is 2. The summed E-state index contributed by atoms with van der Waals surface area (Å²) in [7, 11) is 0. The molecule has 0 unspecified atom stereocenters. The van der Waals surface area contributed by atoms with Crippen LogP contribution in [0.5, 0.6) is 0 Å². The summed E-state index contributed by atoms with van der Waals surface area (Å²) in [5.41, 5.74) is 3.92. The SMILES string of the molecule is [2H]C([2H])([2H])c1ccc(-c2cccc3c2oc2nc(C(C)(C)C)ccc23)nc1. The molecule has 0 spiro atoms. The molecule has 3 aromatic heterocycles. The minimum Gasteiger partial charge on any atom is -0.437 e. The topological polar surface area (TPSA) is 38.9 Å². The second kappa shape index (κ2) is 5.17. The average molecular weight is 319 g/mol. The van der Waals surface area contributed by atoms with Crippen LogP contribution >= 0.6 is 0 Å². The maximum Gasteiger partial charge on any atom is 0.227 e. The summed E-state index contributed by atoms with van der Waals surface area (Å²) >= 11 is 0. The minimum atomic E-state index is -2.16. The van der Waals surface area contributed by atoms with Crippen LogP contribution < -0.4 is 0 Å². The van der Waals surface area contributed by atoms with Crippen LogP contribution in [0.3, 0.4) is 0 Å². The monoisotopic (exact) mass is 319 g/mol. The molecule has 0 fully saturated rings. The number of rotatable bonds is 1. The average Bonchev–Trinajstić information content (AvgIpc) is 2.98. The van der Waals surface area contributed by atoms with Crippen molar-refractivity contribution in [2.24, 2.45) is 0 Å². The molecule has 3 nitrogen and oxygen atoms in total. The van der Waals surface area contributed by atoms with Gasteiger partial charge in [-0.05, 0) is 36.7 Å². The van der Waals surface area contributed by atoms with Crippen LogP contribution in [-0.4, -0.2) is 9.97 Å². The normalized spacial score (nSPS) is 14.5. The molecule has 24 heavy (non-hydrogen) atoms. The highest BCUT2D eigenvalue weighted by Gasteiger charge is 2.19. The van der Waals surface area contributed by atoms with Crippen LogP contribution in [0.25, 0.3) is 33.3 Å². The maximum atomic E-state index is 7.49. The smallest absolute Gasteiger partial charge is 0.227 e. The summed E-state index contributed by atoms with van der Waals surface area (Å²) in [5, 5.41) is 1.93. The standard InChI is InChI=1S/C21H20N2O/c1-13-8-10-17(22-12-13)16-7-5-6-14-15-9-11-18(21(2,3)4)23-20(15)24-19(14)16/h5-12H,1-4H3/i1D3. The van der Waals surface area contributed by atoms with E-state index in [0.717, 1.165) is 22.0 Å². The summed E-state index contributed by atoms with van der Waals surface area (Å²) in [5.74, 6) is 0. The van der Waals surface area contributed by atoms with Crippen molar-refractivity contribution < 1.29 is 8.53 Å². The van der Waals surface area contributed by atoms with Crippen LogP contribution in [0.1, 0.15) is 36.1 Å². The van der Waals surface area contributed by atoms with E-state index in [-0.39, 0.29) is 11.0 Å². The summed E-state index contributed by atoms with van der Waals surface area (Å²) in [6, 6.07) is 13.3. The van der Waals surface area contributed by atoms with Gasteiger partial charge >= 0.3 is 0 Å². The second-order valence-electron chi connectivity index (χ2n) is 7.02. The first kappa shape index (κ1) is 11.8. The van der Waals surface area contributed by atoms with Crippen molar-refractivity contribution in [1.82, 2.24) is 9.97 Å². The van der Waals surface area contributed by atoms with Gasteiger partial charge in [0.2, 0.25) is 5.71 Å². The molecule has 0 aliphatic heterocycles. The molecule has 4 aromatic rings. The largest absolute Gasteiger partial charge is 0.437 e. The molecule has 0 saturated heterocycles. The van der Waals surface area contributed by atoms with Gasteiger partial charge in [0.05, 0.1) is 5.69 Å². The molecule has 1 aromatic carbocycles. The zero-order chi connectivity index (χ0) is 19.4. The number of fused-ring (bicyclic) bond motifs is 3. The van der Waals surface area contributed by atoms with Gasteiger partial charge < -0.3 is 4.42 Å². The van der Waals surface area contributed by atoms with Gasteiger partial charge in [-0.2, -0.15) is 0 Å². The Morgan fingerprint density at radius 3 is 2.58 bits per heavy atom. The Hall–Kier alpha value is -2.68. The van der Waals surface area contributed by atoms with E-state index >= 15 is 0 Å². The van der Waals surface area contributed by atoms with Crippen LogP contribution in [0.2, 0.25) is 0 Å². The second-order valence-corrected chi connectivity index (χ2v) is 7.02. The van der Waals surface area contributed by atoms with E-state index in [9.17, 15) is 0 Å². The molecular formula is C21H20N2O. The summed E-state index contributed by atoms with van der Waals surface area (Å²) < 4.78 is 28.6. The third-order valence-corrected chi connectivity index (χ3v) is 4.17. The molecule has 0 amide bonds. The van der Waals surface area contributed by atoms with Crippen molar-refractivity contribution in [2.75, 3.05) is 0 Å². The lowest BCUT2D eigenvalue weighted by Crippen LogP contribution is -2.12. The molecule has 0 aliphatic carbocycles. The van der Waals surface area contributed by atoms with Crippen LogP contribution in [-0.2, 0) is 5.41 Å². The fourth-order valence-electron chi connectivity index (χ4n) is 2.85. The number of hydrogen-bond acceptors (Lipinski definition) is 3. The van der Waals surface area contributed by atoms with Gasteiger partial charge in [-0.25, -0.2) is 4.98 Å². The number of benzene rings is 1. The van der Waals surface area contributed by atoms with Crippen molar-refractivity contribution in [3.63, 3.8) is 0 Å². The van der Waals surface area contributed by atoms with Gasteiger partial charge in [0.15, 0.2) is 0 Å². The fourth-order valence-corrected chi connectivity index (χ4v) is 2.85. The molecular weight excluding hydrogens is 296 g/mol. The zero-order valence-electron chi connectivity index (χ0n) is 16.9. The number of aryl methyl sites for hydroxylation is 1. The van der Waals surface area contributed by atoms with Crippen molar-refractivity contribution in [1.29, 1.82) is 0 Å². The Morgan fingerprint density at radius 2 is 1.88 bits per heavy atom. The Balaban J connectivity index is 1.89. The summed E-state index contributed by atoms with van der Waals surface area (Å²) in [6.45, 7) is 4.19. The highest BCUT2D eigenvalue weighted by atomic mass is 16.3. The minimum absolute atomic E-state index is 0.0668. The highest BCUT2D eigenvalue weighted by molar-refractivity contribution is 6.08. The number of para-hydroxylation sites is 1. The van der Waals surface area contributed by atoms with Crippen molar-refractivity contribution in [3.8, 4) is 11.3 Å². The first-order valence-electron chi connectivity index (χ1n) is 9.44. The van der Waals surface area contributed by atoms with E-state index in [2.05, 4.69) is 25.8 Å². The van der Waals surface area contributed by atoms with Crippen molar-refractivity contribution in [2.45, 2.75) is 33.0 Å². The summed E-state index contributed by atoms with van der Waals surface area (Å²) in [6.07, 6.45) is 1.40. The van der Waals surface area contributed by atoms with Crippen LogP contribution in [0.4, 0.5) is 0 Å². The van der Waals surface area contributed by atoms with Gasteiger partial charge in [-0.3, -0.25) is 4.98 Å². The molecule has 3 heteroatoms. The summed E-state index contributed by atoms with van der Waals surface area (Å²) in [4.78, 5) is 9.06. The molecule has 0 bridgehead atoms. The van der Waals surface area contributed by atoms with Crippen molar-refractivity contribution in [3.05, 3.63) is 59.9 Å². The molecule has 0 saturated carbocycles. The molecule has 0 aliphatic rings. The third kappa shape index (κ3) is 2.37. The van der Waals surface area contributed by atoms with Gasteiger partial charge in [0.1, 0.15) is 5.58 Å². The lowest BCUT2D eigenvalue weighted by atomic mass is 9.91. The zero-order valence-corrected chi connectivity index (χ0v) is 13.9. The lowest BCUT2D eigenvalue weighted by Gasteiger charge is -2.16.